The molecule has 0 aliphatic heterocycles. The standard InChI is InChI=1S/C11H13N3O2/c1-6-5-7(3-4-8(6)16-2)9-10(12)13-14-11(9)15/h3-5H,1-2H3,(H4,12,13,14,15). The summed E-state index contributed by atoms with van der Waals surface area (Å²) in [6.07, 6.45) is 0. The number of H-pyrrole nitrogens is 2. The molecule has 0 atom stereocenters. The van der Waals surface area contributed by atoms with Gasteiger partial charge in [0.25, 0.3) is 5.56 Å². The Hall–Kier alpha value is -2.17. The second-order valence-corrected chi connectivity index (χ2v) is 3.55. The normalized spacial score (nSPS) is 10.4. The lowest BCUT2D eigenvalue weighted by molar-refractivity contribution is 0.412. The van der Waals surface area contributed by atoms with Gasteiger partial charge in [0.15, 0.2) is 0 Å². The third-order valence-electron chi connectivity index (χ3n) is 2.49. The summed E-state index contributed by atoms with van der Waals surface area (Å²) in [7, 11) is 1.61. The van der Waals surface area contributed by atoms with Crippen molar-refractivity contribution in [1.82, 2.24) is 10.2 Å². The van der Waals surface area contributed by atoms with E-state index in [9.17, 15) is 4.79 Å². The van der Waals surface area contributed by atoms with E-state index < -0.39 is 0 Å². The molecule has 0 radical (unpaired) electrons. The molecule has 16 heavy (non-hydrogen) atoms. The molecule has 4 N–H and O–H groups in total. The number of aromatic amines is 2. The molecule has 0 spiro atoms. The van der Waals surface area contributed by atoms with Crippen LogP contribution in [0.25, 0.3) is 11.1 Å². The van der Waals surface area contributed by atoms with Crippen LogP contribution in [0.3, 0.4) is 0 Å². The number of anilines is 1. The predicted octanol–water partition coefficient (Wildman–Crippen LogP) is 1.27. The van der Waals surface area contributed by atoms with Crippen LogP contribution in [0.15, 0.2) is 23.0 Å². The largest absolute Gasteiger partial charge is 0.496 e. The maximum absolute atomic E-state index is 11.5. The van der Waals surface area contributed by atoms with E-state index in [-0.39, 0.29) is 5.56 Å². The van der Waals surface area contributed by atoms with Gasteiger partial charge >= 0.3 is 0 Å². The van der Waals surface area contributed by atoms with E-state index in [1.165, 1.54) is 0 Å². The molecule has 0 bridgehead atoms. The first-order valence-electron chi connectivity index (χ1n) is 4.84. The third-order valence-corrected chi connectivity index (χ3v) is 2.49. The number of hydrogen-bond acceptors (Lipinski definition) is 3. The fourth-order valence-electron chi connectivity index (χ4n) is 1.69. The third kappa shape index (κ3) is 1.56. The molecule has 1 aromatic carbocycles. The first-order valence-corrected chi connectivity index (χ1v) is 4.84. The van der Waals surface area contributed by atoms with E-state index in [0.29, 0.717) is 11.4 Å². The average molecular weight is 219 g/mol. The molecule has 1 heterocycles. The molecular formula is C11H13N3O2. The number of rotatable bonds is 2. The smallest absolute Gasteiger partial charge is 0.273 e. The summed E-state index contributed by atoms with van der Waals surface area (Å²) in [6.45, 7) is 1.92. The van der Waals surface area contributed by atoms with Crippen LogP contribution in [0.1, 0.15) is 5.56 Å². The van der Waals surface area contributed by atoms with Crippen molar-refractivity contribution in [2.45, 2.75) is 6.92 Å². The van der Waals surface area contributed by atoms with Gasteiger partial charge in [-0.05, 0) is 30.2 Å². The van der Waals surface area contributed by atoms with Crippen molar-refractivity contribution in [3.63, 3.8) is 0 Å². The van der Waals surface area contributed by atoms with Gasteiger partial charge < -0.3 is 10.5 Å². The van der Waals surface area contributed by atoms with Crippen LogP contribution in [0.4, 0.5) is 5.82 Å². The summed E-state index contributed by atoms with van der Waals surface area (Å²) in [5.41, 5.74) is 7.65. The fourth-order valence-corrected chi connectivity index (χ4v) is 1.69. The molecule has 0 saturated carbocycles. The van der Waals surface area contributed by atoms with Crippen LogP contribution in [0, 0.1) is 6.92 Å². The minimum Gasteiger partial charge on any atom is -0.496 e. The number of benzene rings is 1. The first-order chi connectivity index (χ1) is 7.63. The van der Waals surface area contributed by atoms with Crippen molar-refractivity contribution in [3.05, 3.63) is 34.1 Å². The van der Waals surface area contributed by atoms with Gasteiger partial charge in [0.05, 0.1) is 12.7 Å². The van der Waals surface area contributed by atoms with Crippen molar-refractivity contribution in [3.8, 4) is 16.9 Å². The highest BCUT2D eigenvalue weighted by Crippen LogP contribution is 2.26. The van der Waals surface area contributed by atoms with Gasteiger partial charge in [-0.15, -0.1) is 0 Å². The van der Waals surface area contributed by atoms with E-state index in [4.69, 9.17) is 10.5 Å². The van der Waals surface area contributed by atoms with E-state index in [2.05, 4.69) is 10.2 Å². The van der Waals surface area contributed by atoms with Crippen LogP contribution >= 0.6 is 0 Å². The summed E-state index contributed by atoms with van der Waals surface area (Å²) in [4.78, 5) is 11.5. The Bertz CT molecular complexity index is 569. The molecule has 0 saturated heterocycles. The highest BCUT2D eigenvalue weighted by Gasteiger charge is 2.10. The minimum atomic E-state index is -0.220. The van der Waals surface area contributed by atoms with Gasteiger partial charge in [-0.25, -0.2) is 0 Å². The molecule has 0 unspecified atom stereocenters. The lowest BCUT2D eigenvalue weighted by Crippen LogP contribution is -2.02. The van der Waals surface area contributed by atoms with E-state index in [1.807, 2.05) is 19.1 Å². The molecule has 5 heteroatoms. The van der Waals surface area contributed by atoms with Gasteiger partial charge in [0, 0.05) is 0 Å². The van der Waals surface area contributed by atoms with Gasteiger partial charge in [-0.3, -0.25) is 15.0 Å². The highest BCUT2D eigenvalue weighted by atomic mass is 16.5. The van der Waals surface area contributed by atoms with Crippen LogP contribution in [-0.2, 0) is 0 Å². The van der Waals surface area contributed by atoms with Crippen LogP contribution < -0.4 is 16.0 Å². The fraction of sp³-hybridized carbons (Fsp3) is 0.182. The Morgan fingerprint density at radius 2 is 2.06 bits per heavy atom. The number of methoxy groups -OCH3 is 1. The van der Waals surface area contributed by atoms with Crippen molar-refractivity contribution in [2.75, 3.05) is 12.8 Å². The first kappa shape index (κ1) is 10.4. The number of nitrogen functional groups attached to an aromatic ring is 1. The second kappa shape index (κ2) is 3.77. The predicted molar refractivity (Wildman–Crippen MR) is 62.6 cm³/mol. The second-order valence-electron chi connectivity index (χ2n) is 3.55. The van der Waals surface area contributed by atoms with Crippen molar-refractivity contribution in [2.24, 2.45) is 0 Å². The molecule has 1 aromatic heterocycles. The van der Waals surface area contributed by atoms with Gasteiger partial charge in [0.1, 0.15) is 11.6 Å². The van der Waals surface area contributed by atoms with E-state index in [0.717, 1.165) is 16.9 Å². The molecule has 5 nitrogen and oxygen atoms in total. The van der Waals surface area contributed by atoms with Gasteiger partial charge in [0.2, 0.25) is 0 Å². The Balaban J connectivity index is 2.58. The van der Waals surface area contributed by atoms with E-state index in [1.54, 1.807) is 13.2 Å². The topological polar surface area (TPSA) is 83.9 Å². The monoisotopic (exact) mass is 219 g/mol. The van der Waals surface area contributed by atoms with Gasteiger partial charge in [-0.2, -0.15) is 0 Å². The summed E-state index contributed by atoms with van der Waals surface area (Å²) in [5, 5.41) is 5.04. The molecule has 0 amide bonds. The lowest BCUT2D eigenvalue weighted by atomic mass is 10.1. The van der Waals surface area contributed by atoms with Crippen molar-refractivity contribution in [1.29, 1.82) is 0 Å². The molecule has 2 aromatic rings. The molecule has 0 aliphatic carbocycles. The SMILES string of the molecule is COc1ccc(-c2c(N)[nH][nH]c2=O)cc1C. The quantitative estimate of drug-likeness (QED) is 0.711. The lowest BCUT2D eigenvalue weighted by Gasteiger charge is -2.06. The maximum atomic E-state index is 11.5. The van der Waals surface area contributed by atoms with Crippen molar-refractivity contribution >= 4 is 5.82 Å². The zero-order valence-corrected chi connectivity index (χ0v) is 9.13. The van der Waals surface area contributed by atoms with E-state index >= 15 is 0 Å². The maximum Gasteiger partial charge on any atom is 0.273 e. The molecule has 0 aliphatic rings. The number of aromatic nitrogens is 2. The average Bonchev–Trinajstić information content (AvgIpc) is 2.58. The summed E-state index contributed by atoms with van der Waals surface area (Å²) in [6, 6.07) is 5.49. The van der Waals surface area contributed by atoms with Gasteiger partial charge in [-0.1, -0.05) is 6.07 Å². The van der Waals surface area contributed by atoms with Crippen LogP contribution in [-0.4, -0.2) is 17.3 Å². The molecule has 84 valence electrons. The van der Waals surface area contributed by atoms with Crippen LogP contribution in [0.5, 0.6) is 5.75 Å². The van der Waals surface area contributed by atoms with Crippen molar-refractivity contribution < 1.29 is 4.74 Å². The number of ether oxygens (including phenoxy) is 1. The number of hydrogen-bond donors (Lipinski definition) is 3. The Morgan fingerprint density at radius 1 is 1.31 bits per heavy atom. The zero-order chi connectivity index (χ0) is 11.7. The molecule has 0 fully saturated rings. The number of nitrogens with two attached hydrogens (primary N) is 1. The Kier molecular flexibility index (Phi) is 2.44. The minimum absolute atomic E-state index is 0.220. The summed E-state index contributed by atoms with van der Waals surface area (Å²) < 4.78 is 5.15. The van der Waals surface area contributed by atoms with Crippen LogP contribution in [0.2, 0.25) is 0 Å². The Morgan fingerprint density at radius 3 is 2.56 bits per heavy atom. The number of nitrogens with one attached hydrogen (secondary N) is 2. The molecular weight excluding hydrogens is 206 g/mol. The Labute approximate surface area is 92.2 Å². The summed E-state index contributed by atoms with van der Waals surface area (Å²) >= 11 is 0. The number of aryl methyl sites for hydroxylation is 1. The molecule has 2 rings (SSSR count). The summed E-state index contributed by atoms with van der Waals surface area (Å²) in [5.74, 6) is 1.13. The highest BCUT2D eigenvalue weighted by molar-refractivity contribution is 5.74. The zero-order valence-electron chi connectivity index (χ0n) is 9.13.